The summed E-state index contributed by atoms with van der Waals surface area (Å²) >= 11 is 0. The van der Waals surface area contributed by atoms with Crippen LogP contribution in [0.4, 0.5) is 24.5 Å². The Labute approximate surface area is 220 Å². The number of rotatable bonds is 5. The van der Waals surface area contributed by atoms with E-state index in [-0.39, 0.29) is 34.2 Å². The smallest absolute Gasteiger partial charge is 0.164 e. The van der Waals surface area contributed by atoms with Crippen LogP contribution in [-0.4, -0.2) is 51.0 Å². The van der Waals surface area contributed by atoms with E-state index in [0.29, 0.717) is 40.7 Å². The zero-order valence-corrected chi connectivity index (χ0v) is 20.4. The summed E-state index contributed by atoms with van der Waals surface area (Å²) in [7, 11) is 0. The van der Waals surface area contributed by atoms with E-state index in [9.17, 15) is 4.39 Å². The molecule has 0 saturated carbocycles. The Kier molecular flexibility index (Phi) is 5.17. The van der Waals surface area contributed by atoms with Crippen LogP contribution in [0.15, 0.2) is 61.1 Å². The molecular formula is C28H21F3N8. The number of hydrogen-bond acceptors (Lipinski definition) is 7. The average molecular weight is 527 g/mol. The molecule has 0 amide bonds. The monoisotopic (exact) mass is 526 g/mol. The topological polar surface area (TPSA) is 108 Å². The molecule has 0 bridgehead atoms. The minimum absolute atomic E-state index is 0.146. The molecule has 7 rings (SSSR count). The molecule has 8 nitrogen and oxygen atoms in total. The molecule has 0 aliphatic carbocycles. The van der Waals surface area contributed by atoms with E-state index in [1.807, 2.05) is 4.90 Å². The number of anilines is 2. The van der Waals surface area contributed by atoms with Crippen LogP contribution in [0, 0.1) is 22.9 Å². The normalized spacial score (nSPS) is 18.0. The van der Waals surface area contributed by atoms with E-state index in [0.717, 1.165) is 12.8 Å². The second-order valence-corrected chi connectivity index (χ2v) is 9.61. The first kappa shape index (κ1) is 23.4. The Morgan fingerprint density at radius 1 is 0.974 bits per heavy atom. The van der Waals surface area contributed by atoms with Crippen molar-refractivity contribution in [2.45, 2.75) is 12.1 Å². The van der Waals surface area contributed by atoms with Gasteiger partial charge in [-0.05, 0) is 42.0 Å². The van der Waals surface area contributed by atoms with Crippen LogP contribution >= 0.6 is 0 Å². The largest absolute Gasteiger partial charge is 0.396 e. The molecule has 39 heavy (non-hydrogen) atoms. The molecule has 0 radical (unpaired) electrons. The lowest BCUT2D eigenvalue weighted by Crippen LogP contribution is -2.78. The van der Waals surface area contributed by atoms with Gasteiger partial charge >= 0.3 is 0 Å². The summed E-state index contributed by atoms with van der Waals surface area (Å²) in [6.07, 6.45) is 5.58. The molecule has 2 saturated heterocycles. The Hall–Kier alpha value is -4.77. The molecule has 2 aliphatic heterocycles. The predicted molar refractivity (Wildman–Crippen MR) is 142 cm³/mol. The molecule has 2 aliphatic rings. The summed E-state index contributed by atoms with van der Waals surface area (Å²) in [5.74, 6) is -2.10. The van der Waals surface area contributed by atoms with Gasteiger partial charge in [-0.3, -0.25) is 4.98 Å². The molecule has 11 heteroatoms. The summed E-state index contributed by atoms with van der Waals surface area (Å²) < 4.78 is 46.9. The Morgan fingerprint density at radius 2 is 1.74 bits per heavy atom. The molecule has 2 fully saturated rings. The number of piperazine rings is 1. The standard InChI is InChI=1S/C28H21F3N8/c29-18-2-1-16(17(11-32)26(18)33)24-27(14-3-6-34-7-4-14)37-39-22(5-8-35-28(24)39)25-19(30)9-15(10-20(25)31)38-13-21-23(38)12-36-21/h1-11,21,23,32,36H,12-13,33H2. The highest BCUT2D eigenvalue weighted by Crippen LogP contribution is 2.40. The second kappa shape index (κ2) is 8.63. The van der Waals surface area contributed by atoms with Gasteiger partial charge < -0.3 is 21.4 Å². The maximum absolute atomic E-state index is 15.6. The molecule has 2 atom stereocenters. The summed E-state index contributed by atoms with van der Waals surface area (Å²) in [6.45, 7) is 1.50. The number of nitrogens with two attached hydrogens (primary N) is 1. The SMILES string of the molecule is N=Cc1c(-c2c(-c3ccncc3)nn3c(-c4c(F)cc(N5CC6NCC65)cc4F)ccnc23)ccc(F)c1N. The van der Waals surface area contributed by atoms with Crippen molar-refractivity contribution in [2.24, 2.45) is 0 Å². The van der Waals surface area contributed by atoms with Gasteiger partial charge in [-0.1, -0.05) is 6.07 Å². The first-order valence-corrected chi connectivity index (χ1v) is 12.3. The fraction of sp³-hybridized carbons (Fsp3) is 0.143. The van der Waals surface area contributed by atoms with E-state index in [4.69, 9.17) is 16.2 Å². The molecule has 4 N–H and O–H groups in total. The zero-order chi connectivity index (χ0) is 26.8. The van der Waals surface area contributed by atoms with E-state index >= 15 is 8.78 Å². The number of nitrogens with one attached hydrogen (secondary N) is 2. The number of fused-ring (bicyclic) bond motifs is 2. The first-order chi connectivity index (χ1) is 19.0. The highest BCUT2D eigenvalue weighted by Gasteiger charge is 2.45. The van der Waals surface area contributed by atoms with Gasteiger partial charge in [0.2, 0.25) is 0 Å². The minimum atomic E-state index is -0.720. The summed E-state index contributed by atoms with van der Waals surface area (Å²) in [6, 6.07) is 11.0. The van der Waals surface area contributed by atoms with E-state index in [2.05, 4.69) is 15.3 Å². The zero-order valence-electron chi connectivity index (χ0n) is 20.4. The number of nitrogen functional groups attached to an aromatic ring is 1. The molecule has 5 heterocycles. The lowest BCUT2D eigenvalue weighted by atomic mass is 9.88. The van der Waals surface area contributed by atoms with Crippen LogP contribution in [-0.2, 0) is 0 Å². The highest BCUT2D eigenvalue weighted by atomic mass is 19.1. The predicted octanol–water partition coefficient (Wildman–Crippen LogP) is 4.28. The number of hydrogen-bond donors (Lipinski definition) is 3. The molecule has 2 aromatic carbocycles. The van der Waals surface area contributed by atoms with E-state index in [1.54, 1.807) is 24.5 Å². The van der Waals surface area contributed by atoms with Gasteiger partial charge in [0.05, 0.1) is 28.6 Å². The highest BCUT2D eigenvalue weighted by molar-refractivity contribution is 6.02. The Balaban J connectivity index is 1.46. The van der Waals surface area contributed by atoms with E-state index < -0.39 is 17.5 Å². The third-order valence-electron chi connectivity index (χ3n) is 7.58. The maximum Gasteiger partial charge on any atom is 0.164 e. The van der Waals surface area contributed by atoms with Crippen LogP contribution in [0.5, 0.6) is 0 Å². The van der Waals surface area contributed by atoms with Crippen LogP contribution < -0.4 is 16.0 Å². The number of halogens is 3. The van der Waals surface area contributed by atoms with Gasteiger partial charge in [0.15, 0.2) is 5.65 Å². The molecule has 3 aromatic heterocycles. The van der Waals surface area contributed by atoms with Gasteiger partial charge in [-0.15, -0.1) is 0 Å². The Morgan fingerprint density at radius 3 is 2.38 bits per heavy atom. The third kappa shape index (κ3) is 3.43. The molecule has 194 valence electrons. The molecular weight excluding hydrogens is 505 g/mol. The average Bonchev–Trinajstić information content (AvgIpc) is 3.32. The van der Waals surface area contributed by atoms with Crippen molar-refractivity contribution >= 4 is 23.2 Å². The first-order valence-electron chi connectivity index (χ1n) is 12.3. The number of nitrogens with zero attached hydrogens (tertiary/aromatic N) is 5. The number of aromatic nitrogens is 4. The van der Waals surface area contributed by atoms with Crippen molar-refractivity contribution < 1.29 is 13.2 Å². The van der Waals surface area contributed by atoms with Gasteiger partial charge in [0, 0.05) is 60.8 Å². The van der Waals surface area contributed by atoms with Crippen molar-refractivity contribution in [1.29, 1.82) is 5.41 Å². The van der Waals surface area contributed by atoms with Crippen LogP contribution in [0.3, 0.4) is 0 Å². The van der Waals surface area contributed by atoms with Crippen LogP contribution in [0.1, 0.15) is 5.56 Å². The quantitative estimate of drug-likeness (QED) is 0.233. The fourth-order valence-corrected chi connectivity index (χ4v) is 5.46. The van der Waals surface area contributed by atoms with Crippen LogP contribution in [0.25, 0.3) is 39.3 Å². The van der Waals surface area contributed by atoms with Crippen molar-refractivity contribution in [3.05, 3.63) is 84.1 Å². The third-order valence-corrected chi connectivity index (χ3v) is 7.58. The minimum Gasteiger partial charge on any atom is -0.396 e. The Bertz CT molecular complexity index is 1760. The molecule has 0 spiro atoms. The summed E-state index contributed by atoms with van der Waals surface area (Å²) in [4.78, 5) is 10.5. The van der Waals surface area contributed by atoms with Crippen molar-refractivity contribution in [3.8, 4) is 33.6 Å². The number of pyridine rings is 1. The van der Waals surface area contributed by atoms with Crippen molar-refractivity contribution in [2.75, 3.05) is 23.7 Å². The van der Waals surface area contributed by atoms with Crippen LogP contribution in [0.2, 0.25) is 0 Å². The van der Waals surface area contributed by atoms with Gasteiger partial charge in [-0.25, -0.2) is 22.7 Å². The van der Waals surface area contributed by atoms with Crippen molar-refractivity contribution in [1.82, 2.24) is 24.9 Å². The molecule has 2 unspecified atom stereocenters. The summed E-state index contributed by atoms with van der Waals surface area (Å²) in [5, 5.41) is 15.9. The van der Waals surface area contributed by atoms with Gasteiger partial charge in [-0.2, -0.15) is 5.10 Å². The fourth-order valence-electron chi connectivity index (χ4n) is 5.46. The molecule has 5 aromatic rings. The summed E-state index contributed by atoms with van der Waals surface area (Å²) in [5.41, 5.74) is 8.52. The van der Waals surface area contributed by atoms with Gasteiger partial charge in [0.25, 0.3) is 0 Å². The maximum atomic E-state index is 15.6. The second-order valence-electron chi connectivity index (χ2n) is 9.61. The lowest BCUT2D eigenvalue weighted by molar-refractivity contribution is 0.213. The lowest BCUT2D eigenvalue weighted by Gasteiger charge is -2.57. The van der Waals surface area contributed by atoms with Gasteiger partial charge in [0.1, 0.15) is 23.1 Å². The number of benzene rings is 2. The van der Waals surface area contributed by atoms with E-state index in [1.165, 1.54) is 41.0 Å². The van der Waals surface area contributed by atoms with Crippen molar-refractivity contribution in [3.63, 3.8) is 0 Å².